The van der Waals surface area contributed by atoms with E-state index >= 15 is 0 Å². The average Bonchev–Trinajstić information content (AvgIpc) is 2.35. The van der Waals surface area contributed by atoms with E-state index < -0.39 is 0 Å². The van der Waals surface area contributed by atoms with Crippen LogP contribution < -0.4 is 11.1 Å². The van der Waals surface area contributed by atoms with Crippen LogP contribution in [-0.2, 0) is 4.79 Å². The molecule has 0 spiro atoms. The number of benzene rings is 1. The summed E-state index contributed by atoms with van der Waals surface area (Å²) in [7, 11) is 0. The molecule has 1 rings (SSSR count). The molecule has 18 heavy (non-hydrogen) atoms. The van der Waals surface area contributed by atoms with E-state index in [-0.39, 0.29) is 11.9 Å². The van der Waals surface area contributed by atoms with Crippen LogP contribution in [0.2, 0.25) is 0 Å². The fourth-order valence-corrected chi connectivity index (χ4v) is 2.15. The molecule has 96 valence electrons. The van der Waals surface area contributed by atoms with Crippen molar-refractivity contribution in [1.29, 1.82) is 5.26 Å². The van der Waals surface area contributed by atoms with Gasteiger partial charge in [-0.2, -0.15) is 17.0 Å². The molecule has 0 bridgehead atoms. The molecule has 1 aromatic carbocycles. The molecule has 0 saturated carbocycles. The van der Waals surface area contributed by atoms with Crippen molar-refractivity contribution in [2.24, 2.45) is 5.73 Å². The highest BCUT2D eigenvalue weighted by Crippen LogP contribution is 2.10. The highest BCUT2D eigenvalue weighted by molar-refractivity contribution is 7.99. The number of rotatable bonds is 6. The lowest BCUT2D eigenvalue weighted by molar-refractivity contribution is -0.115. The maximum absolute atomic E-state index is 11.6. The zero-order valence-corrected chi connectivity index (χ0v) is 11.2. The largest absolute Gasteiger partial charge is 0.327 e. The molecule has 0 aliphatic carbocycles. The molecular formula is C13H17N3OS. The third-order valence-corrected chi connectivity index (χ3v) is 3.41. The third-order valence-electron chi connectivity index (χ3n) is 2.15. The van der Waals surface area contributed by atoms with E-state index in [1.54, 1.807) is 36.0 Å². The van der Waals surface area contributed by atoms with Gasteiger partial charge in [0.05, 0.1) is 11.6 Å². The molecular weight excluding hydrogens is 246 g/mol. The van der Waals surface area contributed by atoms with Crippen LogP contribution in [0.5, 0.6) is 0 Å². The minimum Gasteiger partial charge on any atom is -0.327 e. The van der Waals surface area contributed by atoms with Gasteiger partial charge in [0.1, 0.15) is 0 Å². The summed E-state index contributed by atoms with van der Waals surface area (Å²) in [4.78, 5) is 11.6. The van der Waals surface area contributed by atoms with E-state index in [0.29, 0.717) is 12.0 Å². The van der Waals surface area contributed by atoms with E-state index in [2.05, 4.69) is 5.32 Å². The Balaban J connectivity index is 2.29. The SMILES string of the molecule is CC(N)CSCCC(=O)Nc1ccc(C#N)cc1. The van der Waals surface area contributed by atoms with Gasteiger partial charge >= 0.3 is 0 Å². The minimum atomic E-state index is -0.0168. The van der Waals surface area contributed by atoms with E-state index in [1.165, 1.54) is 0 Å². The Kier molecular flexibility index (Phi) is 6.26. The number of amides is 1. The summed E-state index contributed by atoms with van der Waals surface area (Å²) in [6.45, 7) is 1.95. The molecule has 0 aromatic heterocycles. The number of carbonyl (C=O) groups excluding carboxylic acids is 1. The first-order valence-electron chi connectivity index (χ1n) is 5.75. The molecule has 0 aliphatic heterocycles. The summed E-state index contributed by atoms with van der Waals surface area (Å²) in [5.74, 6) is 1.62. The standard InChI is InChI=1S/C13H17N3OS/c1-10(15)9-18-7-6-13(17)16-12-4-2-11(8-14)3-5-12/h2-5,10H,6-7,9,15H2,1H3,(H,16,17). The highest BCUT2D eigenvalue weighted by Gasteiger charge is 2.03. The van der Waals surface area contributed by atoms with Crippen molar-refractivity contribution in [3.05, 3.63) is 29.8 Å². The number of anilines is 1. The Morgan fingerprint density at radius 2 is 2.17 bits per heavy atom. The lowest BCUT2D eigenvalue weighted by Gasteiger charge is -2.06. The number of nitrogens with zero attached hydrogens (tertiary/aromatic N) is 1. The van der Waals surface area contributed by atoms with Crippen molar-refractivity contribution in [2.75, 3.05) is 16.8 Å². The molecule has 0 aliphatic rings. The Labute approximate surface area is 112 Å². The van der Waals surface area contributed by atoms with Gasteiger partial charge in [-0.15, -0.1) is 0 Å². The smallest absolute Gasteiger partial charge is 0.225 e. The van der Waals surface area contributed by atoms with Crippen LogP contribution in [0.3, 0.4) is 0 Å². The molecule has 1 aromatic rings. The predicted molar refractivity (Wildman–Crippen MR) is 75.4 cm³/mol. The number of hydrogen-bond donors (Lipinski definition) is 2. The highest BCUT2D eigenvalue weighted by atomic mass is 32.2. The fourth-order valence-electron chi connectivity index (χ4n) is 1.29. The van der Waals surface area contributed by atoms with Crippen LogP contribution >= 0.6 is 11.8 Å². The Morgan fingerprint density at radius 3 is 2.72 bits per heavy atom. The van der Waals surface area contributed by atoms with E-state index in [9.17, 15) is 4.79 Å². The second kappa shape index (κ2) is 7.75. The number of thioether (sulfide) groups is 1. The van der Waals surface area contributed by atoms with Crippen molar-refractivity contribution >= 4 is 23.4 Å². The lowest BCUT2D eigenvalue weighted by Crippen LogP contribution is -2.18. The van der Waals surface area contributed by atoms with Crippen LogP contribution in [0.1, 0.15) is 18.9 Å². The van der Waals surface area contributed by atoms with Gasteiger partial charge in [-0.3, -0.25) is 4.79 Å². The Hall–Kier alpha value is -1.51. The molecule has 0 saturated heterocycles. The van der Waals surface area contributed by atoms with Crippen LogP contribution in [-0.4, -0.2) is 23.5 Å². The second-order valence-electron chi connectivity index (χ2n) is 4.04. The number of nitrogens with one attached hydrogen (secondary N) is 1. The summed E-state index contributed by atoms with van der Waals surface area (Å²) in [6.07, 6.45) is 0.470. The molecule has 0 fully saturated rings. The molecule has 1 unspecified atom stereocenters. The maximum Gasteiger partial charge on any atom is 0.225 e. The Morgan fingerprint density at radius 1 is 1.50 bits per heavy atom. The van der Waals surface area contributed by atoms with Crippen molar-refractivity contribution in [1.82, 2.24) is 0 Å². The molecule has 1 atom stereocenters. The average molecular weight is 263 g/mol. The molecule has 4 nitrogen and oxygen atoms in total. The molecule has 0 radical (unpaired) electrons. The lowest BCUT2D eigenvalue weighted by atomic mass is 10.2. The first kappa shape index (κ1) is 14.6. The van der Waals surface area contributed by atoms with Crippen molar-refractivity contribution in [2.45, 2.75) is 19.4 Å². The van der Waals surface area contributed by atoms with Crippen LogP contribution in [0.25, 0.3) is 0 Å². The number of nitrogens with two attached hydrogens (primary N) is 1. The van der Waals surface area contributed by atoms with E-state index in [0.717, 1.165) is 17.2 Å². The third kappa shape index (κ3) is 5.71. The summed E-state index contributed by atoms with van der Waals surface area (Å²) in [6, 6.07) is 9.01. The van der Waals surface area contributed by atoms with Gasteiger partial charge in [0.25, 0.3) is 0 Å². The summed E-state index contributed by atoms with van der Waals surface area (Å²) >= 11 is 1.68. The van der Waals surface area contributed by atoms with Gasteiger partial charge in [-0.05, 0) is 31.2 Å². The zero-order valence-electron chi connectivity index (χ0n) is 10.3. The van der Waals surface area contributed by atoms with Crippen LogP contribution in [0.15, 0.2) is 24.3 Å². The van der Waals surface area contributed by atoms with Gasteiger partial charge in [0.2, 0.25) is 5.91 Å². The minimum absolute atomic E-state index is 0.0168. The van der Waals surface area contributed by atoms with Gasteiger partial charge in [-0.1, -0.05) is 0 Å². The summed E-state index contributed by atoms with van der Waals surface area (Å²) in [5.41, 5.74) is 6.91. The Bertz CT molecular complexity index is 423. The van der Waals surface area contributed by atoms with Crippen molar-refractivity contribution in [3.8, 4) is 6.07 Å². The molecule has 0 heterocycles. The second-order valence-corrected chi connectivity index (χ2v) is 5.19. The first-order chi connectivity index (χ1) is 8.61. The quantitative estimate of drug-likeness (QED) is 0.769. The zero-order chi connectivity index (χ0) is 13.4. The van der Waals surface area contributed by atoms with Crippen LogP contribution in [0, 0.1) is 11.3 Å². The number of hydrogen-bond acceptors (Lipinski definition) is 4. The first-order valence-corrected chi connectivity index (χ1v) is 6.90. The van der Waals surface area contributed by atoms with E-state index in [1.807, 2.05) is 13.0 Å². The van der Waals surface area contributed by atoms with Gasteiger partial charge in [-0.25, -0.2) is 0 Å². The van der Waals surface area contributed by atoms with E-state index in [4.69, 9.17) is 11.0 Å². The van der Waals surface area contributed by atoms with Crippen molar-refractivity contribution in [3.63, 3.8) is 0 Å². The number of nitriles is 1. The number of carbonyl (C=O) groups is 1. The van der Waals surface area contributed by atoms with Gasteiger partial charge < -0.3 is 11.1 Å². The summed E-state index contributed by atoms with van der Waals surface area (Å²) in [5, 5.41) is 11.4. The molecule has 5 heteroatoms. The normalized spacial score (nSPS) is 11.6. The maximum atomic E-state index is 11.6. The van der Waals surface area contributed by atoms with Crippen molar-refractivity contribution < 1.29 is 4.79 Å². The monoisotopic (exact) mass is 263 g/mol. The topological polar surface area (TPSA) is 78.9 Å². The summed E-state index contributed by atoms with van der Waals surface area (Å²) < 4.78 is 0. The van der Waals surface area contributed by atoms with Gasteiger partial charge in [0.15, 0.2) is 0 Å². The van der Waals surface area contributed by atoms with Crippen LogP contribution in [0.4, 0.5) is 5.69 Å². The fraction of sp³-hybridized carbons (Fsp3) is 0.385. The molecule has 1 amide bonds. The van der Waals surface area contributed by atoms with Gasteiger partial charge in [0, 0.05) is 29.7 Å². The molecule has 3 N–H and O–H groups in total. The predicted octanol–water partition coefficient (Wildman–Crippen LogP) is 1.97.